The van der Waals surface area contributed by atoms with Crippen LogP contribution in [0.4, 0.5) is 4.79 Å². The zero-order valence-corrected chi connectivity index (χ0v) is 12.3. The zero-order valence-electron chi connectivity index (χ0n) is 12.3. The van der Waals surface area contributed by atoms with Crippen molar-refractivity contribution in [2.45, 2.75) is 19.1 Å². The van der Waals surface area contributed by atoms with Crippen molar-refractivity contribution in [1.82, 2.24) is 4.90 Å². The van der Waals surface area contributed by atoms with E-state index in [1.54, 1.807) is 24.3 Å². The fourth-order valence-corrected chi connectivity index (χ4v) is 2.59. The molecule has 1 atom stereocenters. The molecular weight excluding hydrogens is 294 g/mol. The lowest BCUT2D eigenvalue weighted by atomic mass is 10.0. The molecule has 0 aliphatic carbocycles. The third-order valence-electron chi connectivity index (χ3n) is 3.67. The Morgan fingerprint density at radius 3 is 2.26 bits per heavy atom. The Balaban J connectivity index is 1.77. The highest BCUT2D eigenvalue weighted by Gasteiger charge is 2.44. The number of benzene rings is 2. The molecule has 23 heavy (non-hydrogen) atoms. The molecule has 3 rings (SSSR count). The van der Waals surface area contributed by atoms with E-state index >= 15 is 0 Å². The van der Waals surface area contributed by atoms with Crippen LogP contribution in [-0.2, 0) is 20.9 Å². The first-order chi connectivity index (χ1) is 11.2. The van der Waals surface area contributed by atoms with E-state index in [4.69, 9.17) is 4.74 Å². The van der Waals surface area contributed by atoms with Gasteiger partial charge in [-0.3, -0.25) is 9.59 Å². The third-order valence-corrected chi connectivity index (χ3v) is 3.67. The maximum Gasteiger partial charge on any atom is 0.417 e. The van der Waals surface area contributed by atoms with Crippen molar-refractivity contribution in [2.24, 2.45) is 0 Å². The van der Waals surface area contributed by atoms with Crippen LogP contribution in [0.2, 0.25) is 0 Å². The molecule has 0 saturated carbocycles. The molecule has 1 heterocycles. The fraction of sp³-hybridized carbons (Fsp3) is 0.167. The van der Waals surface area contributed by atoms with Gasteiger partial charge in [-0.1, -0.05) is 60.7 Å². The average molecular weight is 309 g/mol. The summed E-state index contributed by atoms with van der Waals surface area (Å²) in [6.45, 7) is 0.0547. The Bertz CT molecular complexity index is 727. The van der Waals surface area contributed by atoms with E-state index in [1.165, 1.54) is 0 Å². The van der Waals surface area contributed by atoms with E-state index in [9.17, 15) is 14.4 Å². The van der Waals surface area contributed by atoms with E-state index in [0.29, 0.717) is 5.56 Å². The highest BCUT2D eigenvalue weighted by Crippen LogP contribution is 2.30. The molecule has 2 aromatic carbocycles. The standard InChI is InChI=1S/C18H15NO4/c20-15-11-16(21)19(17(15)14-9-5-2-6-10-14)18(22)23-12-13-7-3-1-4-8-13/h1-10,17H,11-12H2/t17-/m0/s1. The minimum atomic E-state index is -0.896. The Morgan fingerprint density at radius 1 is 1.00 bits per heavy atom. The van der Waals surface area contributed by atoms with Gasteiger partial charge in [0.05, 0.1) is 6.42 Å². The van der Waals surface area contributed by atoms with Gasteiger partial charge < -0.3 is 4.74 Å². The number of ketones is 1. The highest BCUT2D eigenvalue weighted by atomic mass is 16.6. The van der Waals surface area contributed by atoms with Crippen LogP contribution in [0.25, 0.3) is 0 Å². The van der Waals surface area contributed by atoms with Crippen LogP contribution >= 0.6 is 0 Å². The molecule has 1 saturated heterocycles. The first kappa shape index (κ1) is 15.0. The van der Waals surface area contributed by atoms with Crippen molar-refractivity contribution in [3.05, 3.63) is 71.8 Å². The largest absolute Gasteiger partial charge is 0.444 e. The lowest BCUT2D eigenvalue weighted by molar-refractivity contribution is -0.127. The van der Waals surface area contributed by atoms with Crippen molar-refractivity contribution in [2.75, 3.05) is 0 Å². The van der Waals surface area contributed by atoms with Gasteiger partial charge in [-0.05, 0) is 11.1 Å². The molecular formula is C18H15NO4. The molecule has 5 nitrogen and oxygen atoms in total. The number of Topliss-reactive ketones (excluding diaryl/α,β-unsaturated/α-hetero) is 1. The van der Waals surface area contributed by atoms with Crippen LogP contribution in [-0.4, -0.2) is 22.7 Å². The normalized spacial score (nSPS) is 17.4. The van der Waals surface area contributed by atoms with Gasteiger partial charge in [0, 0.05) is 0 Å². The number of likely N-dealkylation sites (tertiary alicyclic amines) is 1. The Labute approximate surface area is 133 Å². The zero-order chi connectivity index (χ0) is 16.2. The second-order valence-corrected chi connectivity index (χ2v) is 5.26. The molecule has 0 bridgehead atoms. The Kier molecular flexibility index (Phi) is 4.19. The van der Waals surface area contributed by atoms with E-state index < -0.39 is 18.0 Å². The molecule has 1 aliphatic rings. The number of rotatable bonds is 3. The fourth-order valence-electron chi connectivity index (χ4n) is 2.59. The first-order valence-corrected chi connectivity index (χ1v) is 7.27. The molecule has 2 aromatic rings. The molecule has 0 N–H and O–H groups in total. The predicted octanol–water partition coefficient (Wildman–Crippen LogP) is 2.87. The van der Waals surface area contributed by atoms with E-state index in [1.807, 2.05) is 36.4 Å². The summed E-state index contributed by atoms with van der Waals surface area (Å²) in [4.78, 5) is 37.3. The number of carbonyl (C=O) groups is 3. The van der Waals surface area contributed by atoms with Gasteiger partial charge in [0.2, 0.25) is 5.91 Å². The Morgan fingerprint density at radius 2 is 1.61 bits per heavy atom. The minimum absolute atomic E-state index is 0.0547. The maximum atomic E-state index is 12.3. The molecule has 5 heteroatoms. The van der Waals surface area contributed by atoms with Gasteiger partial charge >= 0.3 is 6.09 Å². The summed E-state index contributed by atoms with van der Waals surface area (Å²) in [6, 6.07) is 17.0. The average Bonchev–Trinajstić information content (AvgIpc) is 2.88. The van der Waals surface area contributed by atoms with Crippen molar-refractivity contribution in [3.8, 4) is 0 Å². The SMILES string of the molecule is O=C1CC(=O)N(C(=O)OCc2ccccc2)[C@H]1c1ccccc1. The van der Waals surface area contributed by atoms with Crippen molar-refractivity contribution in [1.29, 1.82) is 0 Å². The maximum absolute atomic E-state index is 12.3. The van der Waals surface area contributed by atoms with Crippen molar-refractivity contribution < 1.29 is 19.1 Å². The van der Waals surface area contributed by atoms with Crippen LogP contribution in [0, 0.1) is 0 Å². The number of hydrogen-bond acceptors (Lipinski definition) is 4. The van der Waals surface area contributed by atoms with Gasteiger partial charge in [0.25, 0.3) is 0 Å². The third kappa shape index (κ3) is 3.13. The molecule has 1 aliphatic heterocycles. The van der Waals surface area contributed by atoms with Crippen LogP contribution in [0.15, 0.2) is 60.7 Å². The summed E-state index contributed by atoms with van der Waals surface area (Å²) >= 11 is 0. The van der Waals surface area contributed by atoms with Crippen molar-refractivity contribution >= 4 is 17.8 Å². The molecule has 0 unspecified atom stereocenters. The second-order valence-electron chi connectivity index (χ2n) is 5.26. The van der Waals surface area contributed by atoms with Gasteiger partial charge in [0.15, 0.2) is 5.78 Å². The summed E-state index contributed by atoms with van der Waals surface area (Å²) in [5, 5.41) is 0. The molecule has 0 spiro atoms. The van der Waals surface area contributed by atoms with Crippen molar-refractivity contribution in [3.63, 3.8) is 0 Å². The summed E-state index contributed by atoms with van der Waals surface area (Å²) in [5.41, 5.74) is 1.43. The van der Waals surface area contributed by atoms with Crippen LogP contribution in [0.1, 0.15) is 23.6 Å². The number of carbonyl (C=O) groups excluding carboxylic acids is 3. The Hall–Kier alpha value is -2.95. The number of ether oxygens (including phenoxy) is 1. The number of hydrogen-bond donors (Lipinski definition) is 0. The second kappa shape index (κ2) is 6.44. The lowest BCUT2D eigenvalue weighted by Gasteiger charge is -2.21. The number of amides is 2. The van der Waals surface area contributed by atoms with Gasteiger partial charge in [0.1, 0.15) is 12.6 Å². The smallest absolute Gasteiger partial charge is 0.417 e. The monoisotopic (exact) mass is 309 g/mol. The van der Waals surface area contributed by atoms with E-state index in [-0.39, 0.29) is 18.8 Å². The van der Waals surface area contributed by atoms with E-state index in [0.717, 1.165) is 10.5 Å². The molecule has 116 valence electrons. The molecule has 0 radical (unpaired) electrons. The molecule has 0 aromatic heterocycles. The van der Waals surface area contributed by atoms with Crippen LogP contribution in [0.5, 0.6) is 0 Å². The molecule has 1 fully saturated rings. The predicted molar refractivity (Wildman–Crippen MR) is 82.3 cm³/mol. The number of imide groups is 1. The first-order valence-electron chi connectivity index (χ1n) is 7.27. The summed E-state index contributed by atoms with van der Waals surface area (Å²) in [5.74, 6) is -0.820. The molecule has 2 amide bonds. The number of nitrogens with zero attached hydrogens (tertiary/aromatic N) is 1. The van der Waals surface area contributed by atoms with Gasteiger partial charge in [-0.2, -0.15) is 0 Å². The summed E-state index contributed by atoms with van der Waals surface area (Å²) in [7, 11) is 0. The van der Waals surface area contributed by atoms with Gasteiger partial charge in [-0.15, -0.1) is 0 Å². The van der Waals surface area contributed by atoms with Gasteiger partial charge in [-0.25, -0.2) is 9.69 Å². The van der Waals surface area contributed by atoms with E-state index in [2.05, 4.69) is 0 Å². The van der Waals surface area contributed by atoms with Crippen LogP contribution < -0.4 is 0 Å². The topological polar surface area (TPSA) is 63.7 Å². The minimum Gasteiger partial charge on any atom is -0.444 e. The lowest BCUT2D eigenvalue weighted by Crippen LogP contribution is -2.35. The quantitative estimate of drug-likeness (QED) is 0.818. The van der Waals surface area contributed by atoms with Crippen LogP contribution in [0.3, 0.4) is 0 Å². The highest BCUT2D eigenvalue weighted by molar-refractivity contribution is 6.13. The summed E-state index contributed by atoms with van der Waals surface area (Å²) in [6.07, 6.45) is -1.07. The summed E-state index contributed by atoms with van der Waals surface area (Å²) < 4.78 is 5.20.